The van der Waals surface area contributed by atoms with Gasteiger partial charge in [-0.1, -0.05) is 61.4 Å². The molecule has 1 amide bonds. The molecular formula is C29H36N2O6. The van der Waals surface area contributed by atoms with E-state index in [9.17, 15) is 19.5 Å². The third-order valence-electron chi connectivity index (χ3n) is 7.75. The van der Waals surface area contributed by atoms with Crippen LogP contribution in [0.3, 0.4) is 0 Å². The second-order valence-corrected chi connectivity index (χ2v) is 10.3. The van der Waals surface area contributed by atoms with Crippen LogP contribution in [0.5, 0.6) is 0 Å². The number of rotatable bonds is 5. The summed E-state index contributed by atoms with van der Waals surface area (Å²) < 4.78 is 5.54. The zero-order valence-corrected chi connectivity index (χ0v) is 21.0. The van der Waals surface area contributed by atoms with Crippen LogP contribution in [0.1, 0.15) is 68.4 Å². The number of carbonyl (C=O) groups is 3. The Labute approximate surface area is 217 Å². The number of nitrogens with two attached hydrogens (primary N) is 1. The van der Waals surface area contributed by atoms with E-state index >= 15 is 0 Å². The van der Waals surface area contributed by atoms with Crippen LogP contribution in [0.4, 0.5) is 4.79 Å². The minimum Gasteiger partial charge on any atom is -0.481 e. The zero-order chi connectivity index (χ0) is 26.4. The van der Waals surface area contributed by atoms with Gasteiger partial charge in [-0.25, -0.2) is 4.79 Å². The molecule has 0 aromatic heterocycles. The smallest absolute Gasteiger partial charge is 0.407 e. The van der Waals surface area contributed by atoms with Crippen LogP contribution in [-0.2, 0) is 14.3 Å². The summed E-state index contributed by atoms with van der Waals surface area (Å²) in [6.45, 7) is 0.273. The van der Waals surface area contributed by atoms with Crippen LogP contribution < -0.4 is 11.1 Å². The zero-order valence-electron chi connectivity index (χ0n) is 21.0. The highest BCUT2D eigenvalue weighted by Gasteiger charge is 2.31. The number of aliphatic carboxylic acids is 2. The van der Waals surface area contributed by atoms with Gasteiger partial charge in [0.15, 0.2) is 0 Å². The molecule has 5 rings (SSSR count). The topological polar surface area (TPSA) is 139 Å². The van der Waals surface area contributed by atoms with Crippen molar-refractivity contribution in [2.24, 2.45) is 17.6 Å². The molecule has 4 atom stereocenters. The second kappa shape index (κ2) is 12.2. The van der Waals surface area contributed by atoms with Gasteiger partial charge < -0.3 is 26.0 Å². The van der Waals surface area contributed by atoms with Crippen molar-refractivity contribution < 1.29 is 29.3 Å². The number of hydrogen-bond donors (Lipinski definition) is 4. The molecular weight excluding hydrogens is 472 g/mol. The number of hydrogen-bond acceptors (Lipinski definition) is 5. The van der Waals surface area contributed by atoms with Crippen molar-refractivity contribution in [3.8, 4) is 11.1 Å². The molecule has 2 aromatic carbocycles. The van der Waals surface area contributed by atoms with Gasteiger partial charge in [0, 0.05) is 18.0 Å². The Kier molecular flexibility index (Phi) is 8.82. The van der Waals surface area contributed by atoms with Crippen molar-refractivity contribution in [1.29, 1.82) is 0 Å². The van der Waals surface area contributed by atoms with Gasteiger partial charge in [-0.3, -0.25) is 9.59 Å². The molecule has 37 heavy (non-hydrogen) atoms. The van der Waals surface area contributed by atoms with E-state index in [-0.39, 0.29) is 36.4 Å². The molecule has 198 valence electrons. The lowest BCUT2D eigenvalue weighted by molar-refractivity contribution is -0.143. The molecule has 0 spiro atoms. The Hall–Kier alpha value is -3.39. The lowest BCUT2D eigenvalue weighted by Gasteiger charge is -2.27. The molecule has 3 aliphatic rings. The number of nitrogens with one attached hydrogen (secondary N) is 1. The maximum absolute atomic E-state index is 12.3. The van der Waals surface area contributed by atoms with Crippen LogP contribution in [0, 0.1) is 11.8 Å². The summed E-state index contributed by atoms with van der Waals surface area (Å²) in [5, 5.41) is 20.6. The third kappa shape index (κ3) is 6.68. The highest BCUT2D eigenvalue weighted by atomic mass is 16.5. The first kappa shape index (κ1) is 26.7. The average molecular weight is 509 g/mol. The quantitative estimate of drug-likeness (QED) is 0.457. The number of ether oxygens (including phenoxy) is 1. The molecule has 8 nitrogen and oxygen atoms in total. The van der Waals surface area contributed by atoms with E-state index in [1.165, 1.54) is 22.3 Å². The van der Waals surface area contributed by atoms with Gasteiger partial charge in [0.05, 0.1) is 11.8 Å². The van der Waals surface area contributed by atoms with Crippen LogP contribution in [0.25, 0.3) is 11.1 Å². The standard InChI is InChI=1S/C22H23NO4.C7H13NO2/c24-21(25)14-6-5-7-15(12-14)23-22(26)27-13-20-18-10-3-1-8-16(18)17-9-2-4-11-19(17)20;8-6-3-1-2-5(4-6)7(9)10/h1-4,8-11,14-15,20H,5-7,12-13H2,(H,23,26)(H,24,25);5-6H,1-4,8H2,(H,9,10). The van der Waals surface area contributed by atoms with Gasteiger partial charge in [-0.15, -0.1) is 0 Å². The number of amides is 1. The van der Waals surface area contributed by atoms with E-state index in [0.717, 1.165) is 32.1 Å². The van der Waals surface area contributed by atoms with Gasteiger partial charge in [0.1, 0.15) is 6.61 Å². The summed E-state index contributed by atoms with van der Waals surface area (Å²) in [7, 11) is 0. The van der Waals surface area contributed by atoms with E-state index in [0.29, 0.717) is 19.3 Å². The molecule has 0 radical (unpaired) electrons. The SMILES string of the molecule is NC1CCCC(C(=O)O)C1.O=C(NC1CCCC(C(=O)O)C1)OCC1c2ccccc2-c2ccccc21. The molecule has 3 aliphatic carbocycles. The molecule has 2 aromatic rings. The van der Waals surface area contributed by atoms with Crippen molar-refractivity contribution in [2.45, 2.75) is 69.4 Å². The lowest BCUT2D eigenvalue weighted by Crippen LogP contribution is -2.40. The fourth-order valence-corrected chi connectivity index (χ4v) is 5.80. The summed E-state index contributed by atoms with van der Waals surface area (Å²) in [6, 6.07) is 16.4. The van der Waals surface area contributed by atoms with Crippen LogP contribution >= 0.6 is 0 Å². The normalized spacial score (nSPS) is 24.6. The number of carboxylic acid groups (broad SMARTS) is 2. The van der Waals surface area contributed by atoms with Crippen molar-refractivity contribution in [3.63, 3.8) is 0 Å². The largest absolute Gasteiger partial charge is 0.481 e. The summed E-state index contributed by atoms with van der Waals surface area (Å²) in [6.07, 6.45) is 5.73. The predicted molar refractivity (Wildman–Crippen MR) is 139 cm³/mol. The van der Waals surface area contributed by atoms with Crippen molar-refractivity contribution >= 4 is 18.0 Å². The third-order valence-corrected chi connectivity index (χ3v) is 7.75. The minimum absolute atomic E-state index is 0.0290. The Morgan fingerprint density at radius 1 is 0.811 bits per heavy atom. The molecule has 4 unspecified atom stereocenters. The van der Waals surface area contributed by atoms with Crippen molar-refractivity contribution in [2.75, 3.05) is 6.61 Å². The molecule has 2 fully saturated rings. The first-order valence-electron chi connectivity index (χ1n) is 13.2. The highest BCUT2D eigenvalue weighted by Crippen LogP contribution is 2.44. The van der Waals surface area contributed by atoms with E-state index < -0.39 is 18.0 Å². The Morgan fingerprint density at radius 3 is 1.89 bits per heavy atom. The maximum atomic E-state index is 12.3. The van der Waals surface area contributed by atoms with Crippen LogP contribution in [0.2, 0.25) is 0 Å². The fraction of sp³-hybridized carbons (Fsp3) is 0.483. The number of benzene rings is 2. The van der Waals surface area contributed by atoms with E-state index in [4.69, 9.17) is 15.6 Å². The van der Waals surface area contributed by atoms with E-state index in [1.807, 2.05) is 24.3 Å². The highest BCUT2D eigenvalue weighted by molar-refractivity contribution is 5.79. The number of alkyl carbamates (subject to hydrolysis) is 1. The van der Waals surface area contributed by atoms with Crippen LogP contribution in [-0.4, -0.2) is 46.9 Å². The van der Waals surface area contributed by atoms with E-state index in [1.54, 1.807) is 0 Å². The Balaban J connectivity index is 0.000000270. The first-order valence-corrected chi connectivity index (χ1v) is 13.2. The summed E-state index contributed by atoms with van der Waals surface area (Å²) in [4.78, 5) is 33.9. The lowest BCUT2D eigenvalue weighted by atomic mass is 9.86. The van der Waals surface area contributed by atoms with E-state index in [2.05, 4.69) is 29.6 Å². The molecule has 2 saturated carbocycles. The maximum Gasteiger partial charge on any atom is 0.407 e. The van der Waals surface area contributed by atoms with Gasteiger partial charge in [-0.05, 0) is 60.8 Å². The Bertz CT molecular complexity index is 1070. The van der Waals surface area contributed by atoms with Gasteiger partial charge in [0.25, 0.3) is 0 Å². The Morgan fingerprint density at radius 2 is 1.35 bits per heavy atom. The molecule has 5 N–H and O–H groups in total. The van der Waals surface area contributed by atoms with Gasteiger partial charge in [-0.2, -0.15) is 0 Å². The second-order valence-electron chi connectivity index (χ2n) is 10.3. The molecule has 0 bridgehead atoms. The van der Waals surface area contributed by atoms with Crippen molar-refractivity contribution in [3.05, 3.63) is 59.7 Å². The summed E-state index contributed by atoms with van der Waals surface area (Å²) >= 11 is 0. The summed E-state index contributed by atoms with van der Waals surface area (Å²) in [5.41, 5.74) is 10.3. The fourth-order valence-electron chi connectivity index (χ4n) is 5.80. The number of carboxylic acids is 2. The minimum atomic E-state index is -0.783. The van der Waals surface area contributed by atoms with Crippen LogP contribution in [0.15, 0.2) is 48.5 Å². The average Bonchev–Trinajstić information content (AvgIpc) is 3.22. The number of carbonyl (C=O) groups excluding carboxylic acids is 1. The molecule has 0 saturated heterocycles. The van der Waals surface area contributed by atoms with Gasteiger partial charge >= 0.3 is 18.0 Å². The monoisotopic (exact) mass is 508 g/mol. The predicted octanol–water partition coefficient (Wildman–Crippen LogP) is 4.76. The summed E-state index contributed by atoms with van der Waals surface area (Å²) in [5.74, 6) is -1.99. The molecule has 8 heteroatoms. The first-order chi connectivity index (χ1) is 17.8. The molecule has 0 heterocycles. The van der Waals surface area contributed by atoms with Gasteiger partial charge in [0.2, 0.25) is 0 Å². The number of fused-ring (bicyclic) bond motifs is 3. The molecule has 0 aliphatic heterocycles. The van der Waals surface area contributed by atoms with Crippen molar-refractivity contribution in [1.82, 2.24) is 5.32 Å².